The van der Waals surface area contributed by atoms with Crippen molar-refractivity contribution in [2.45, 2.75) is 18.5 Å². The van der Waals surface area contributed by atoms with Crippen molar-refractivity contribution in [2.24, 2.45) is 5.92 Å². The quantitative estimate of drug-likeness (QED) is 0.654. The molecule has 2 aromatic carbocycles. The predicted octanol–water partition coefficient (Wildman–Crippen LogP) is 3.87. The normalized spacial score (nSPS) is 23.3. The summed E-state index contributed by atoms with van der Waals surface area (Å²) in [6.07, 6.45) is 0. The zero-order chi connectivity index (χ0) is 21.8. The molecule has 1 spiro atoms. The first-order valence-corrected chi connectivity index (χ1v) is 10.9. The van der Waals surface area contributed by atoms with Crippen molar-refractivity contribution < 1.29 is 19.1 Å². The molecule has 3 aromatic rings. The Kier molecular flexibility index (Phi) is 4.51. The molecule has 2 amide bonds. The van der Waals surface area contributed by atoms with Crippen LogP contribution in [-0.4, -0.2) is 26.0 Å². The molecular weight excluding hydrogens is 412 g/mol. The van der Waals surface area contributed by atoms with Crippen molar-refractivity contribution in [2.75, 3.05) is 14.2 Å². The summed E-state index contributed by atoms with van der Waals surface area (Å²) < 4.78 is 11.3. The number of carbonyl (C=O) groups is 2. The van der Waals surface area contributed by atoms with Gasteiger partial charge in [0.1, 0.15) is 11.5 Å². The molecule has 3 atom stereocenters. The third kappa shape index (κ3) is 2.69. The van der Waals surface area contributed by atoms with Gasteiger partial charge < -0.3 is 20.1 Å². The topological polar surface area (TPSA) is 76.7 Å². The lowest BCUT2D eigenvalue weighted by atomic mass is 9.78. The number of benzene rings is 2. The first kappa shape index (κ1) is 19.6. The molecule has 2 N–H and O–H groups in total. The standard InChI is InChI=1S/C24H22N2O4S/c1-13-21(25-23(28)19-9-6-10-31-19)20-17(11-14(29-2)12-18(20)30-3)24(13)16-8-5-4-7-15(16)22(27)26-24/h4-13,21H,1-3H3,(H,25,28)(H,26,27)/t13-,21-,24+/m1/s1. The van der Waals surface area contributed by atoms with E-state index >= 15 is 0 Å². The molecule has 158 valence electrons. The summed E-state index contributed by atoms with van der Waals surface area (Å²) in [6, 6.07) is 14.6. The van der Waals surface area contributed by atoms with E-state index in [4.69, 9.17) is 9.47 Å². The molecule has 1 aliphatic carbocycles. The summed E-state index contributed by atoms with van der Waals surface area (Å²) in [5.74, 6) is 0.810. The van der Waals surface area contributed by atoms with E-state index < -0.39 is 5.54 Å². The van der Waals surface area contributed by atoms with Gasteiger partial charge in [-0.2, -0.15) is 0 Å². The van der Waals surface area contributed by atoms with E-state index in [1.807, 2.05) is 54.8 Å². The summed E-state index contributed by atoms with van der Waals surface area (Å²) in [4.78, 5) is 26.6. The fraction of sp³-hybridized carbons (Fsp3) is 0.250. The van der Waals surface area contributed by atoms with Crippen LogP contribution in [0, 0.1) is 5.92 Å². The Balaban J connectivity index is 1.73. The Morgan fingerprint density at radius 3 is 2.61 bits per heavy atom. The van der Waals surface area contributed by atoms with Crippen LogP contribution in [0.4, 0.5) is 0 Å². The molecule has 0 fully saturated rings. The number of methoxy groups -OCH3 is 2. The smallest absolute Gasteiger partial charge is 0.261 e. The Morgan fingerprint density at radius 2 is 1.90 bits per heavy atom. The van der Waals surface area contributed by atoms with Crippen LogP contribution in [0.5, 0.6) is 11.5 Å². The lowest BCUT2D eigenvalue weighted by Gasteiger charge is -2.33. The average molecular weight is 435 g/mol. The maximum atomic E-state index is 13.0. The molecule has 1 aliphatic heterocycles. The monoisotopic (exact) mass is 434 g/mol. The number of hydrogen-bond donors (Lipinski definition) is 2. The molecule has 0 bridgehead atoms. The molecule has 0 radical (unpaired) electrons. The largest absolute Gasteiger partial charge is 0.497 e. The summed E-state index contributed by atoms with van der Waals surface area (Å²) in [7, 11) is 3.20. The van der Waals surface area contributed by atoms with E-state index in [0.29, 0.717) is 21.9 Å². The Labute approximate surface area is 184 Å². The summed E-state index contributed by atoms with van der Waals surface area (Å²) >= 11 is 1.39. The van der Waals surface area contributed by atoms with Gasteiger partial charge in [-0.3, -0.25) is 9.59 Å². The van der Waals surface area contributed by atoms with E-state index in [0.717, 1.165) is 16.7 Å². The third-order valence-corrected chi connectivity index (χ3v) is 7.30. The Bertz CT molecular complexity index is 1190. The molecule has 0 saturated heterocycles. The SMILES string of the molecule is COc1cc(OC)c2c(c1)[C@]1(NC(=O)c3ccccc31)[C@H](C)[C@H]2NC(=O)c1cccs1. The van der Waals surface area contributed by atoms with Crippen LogP contribution < -0.4 is 20.1 Å². The van der Waals surface area contributed by atoms with Crippen molar-refractivity contribution in [1.29, 1.82) is 0 Å². The highest BCUT2D eigenvalue weighted by atomic mass is 32.1. The lowest BCUT2D eigenvalue weighted by molar-refractivity contribution is 0.0897. The maximum absolute atomic E-state index is 13.0. The minimum atomic E-state index is -0.793. The van der Waals surface area contributed by atoms with E-state index in [1.54, 1.807) is 20.3 Å². The van der Waals surface area contributed by atoms with Gasteiger partial charge in [0.25, 0.3) is 11.8 Å². The molecule has 31 heavy (non-hydrogen) atoms. The molecule has 2 aliphatic rings. The van der Waals surface area contributed by atoms with Gasteiger partial charge in [-0.15, -0.1) is 11.3 Å². The van der Waals surface area contributed by atoms with Crippen LogP contribution in [0.25, 0.3) is 0 Å². The summed E-state index contributed by atoms with van der Waals surface area (Å²) in [5, 5.41) is 8.31. The molecule has 7 heteroatoms. The second kappa shape index (κ2) is 7.13. The molecule has 0 saturated carbocycles. The highest BCUT2D eigenvalue weighted by Gasteiger charge is 2.57. The fourth-order valence-corrected chi connectivity index (χ4v) is 5.63. The Hall–Kier alpha value is -3.32. The number of nitrogens with one attached hydrogen (secondary N) is 2. The number of fused-ring (bicyclic) bond motifs is 4. The van der Waals surface area contributed by atoms with Crippen molar-refractivity contribution >= 4 is 23.2 Å². The molecule has 5 rings (SSSR count). The number of hydrogen-bond acceptors (Lipinski definition) is 5. The molecule has 2 heterocycles. The van der Waals surface area contributed by atoms with Crippen molar-refractivity contribution in [1.82, 2.24) is 10.6 Å². The van der Waals surface area contributed by atoms with Gasteiger partial charge in [-0.25, -0.2) is 0 Å². The number of ether oxygens (including phenoxy) is 2. The summed E-state index contributed by atoms with van der Waals surface area (Å²) in [5.41, 5.74) is 2.49. The van der Waals surface area contributed by atoms with E-state index in [2.05, 4.69) is 10.6 Å². The Morgan fingerprint density at radius 1 is 1.10 bits per heavy atom. The molecule has 1 aromatic heterocycles. The van der Waals surface area contributed by atoms with Gasteiger partial charge in [0.05, 0.1) is 30.7 Å². The molecule has 6 nitrogen and oxygen atoms in total. The van der Waals surface area contributed by atoms with Crippen LogP contribution in [-0.2, 0) is 5.54 Å². The van der Waals surface area contributed by atoms with Gasteiger partial charge in [0.2, 0.25) is 0 Å². The fourth-order valence-electron chi connectivity index (χ4n) is 5.01. The van der Waals surface area contributed by atoms with Gasteiger partial charge in [-0.1, -0.05) is 31.2 Å². The lowest BCUT2D eigenvalue weighted by Crippen LogP contribution is -2.45. The van der Waals surface area contributed by atoms with Crippen molar-refractivity contribution in [3.63, 3.8) is 0 Å². The van der Waals surface area contributed by atoms with Crippen LogP contribution in [0.15, 0.2) is 53.9 Å². The zero-order valence-corrected chi connectivity index (χ0v) is 18.2. The first-order valence-electron chi connectivity index (χ1n) is 10.0. The van der Waals surface area contributed by atoms with Crippen LogP contribution in [0.3, 0.4) is 0 Å². The van der Waals surface area contributed by atoms with Gasteiger partial charge in [-0.05, 0) is 34.7 Å². The highest BCUT2D eigenvalue weighted by molar-refractivity contribution is 7.12. The maximum Gasteiger partial charge on any atom is 0.261 e. The molecule has 0 unspecified atom stereocenters. The number of rotatable bonds is 4. The van der Waals surface area contributed by atoms with Gasteiger partial charge in [0.15, 0.2) is 0 Å². The highest BCUT2D eigenvalue weighted by Crippen LogP contribution is 2.57. The number of amides is 2. The van der Waals surface area contributed by atoms with Gasteiger partial charge in [0, 0.05) is 23.1 Å². The van der Waals surface area contributed by atoms with E-state index in [-0.39, 0.29) is 23.8 Å². The first-order chi connectivity index (χ1) is 15.0. The van der Waals surface area contributed by atoms with Crippen LogP contribution >= 0.6 is 11.3 Å². The minimum absolute atomic E-state index is 0.125. The number of carbonyl (C=O) groups excluding carboxylic acids is 2. The second-order valence-electron chi connectivity index (χ2n) is 7.82. The van der Waals surface area contributed by atoms with Crippen molar-refractivity contribution in [3.05, 3.63) is 81.0 Å². The average Bonchev–Trinajstić information content (AvgIpc) is 3.48. The van der Waals surface area contributed by atoms with E-state index in [9.17, 15) is 9.59 Å². The van der Waals surface area contributed by atoms with E-state index in [1.165, 1.54) is 11.3 Å². The molecular formula is C24H22N2O4S. The van der Waals surface area contributed by atoms with Crippen LogP contribution in [0.2, 0.25) is 0 Å². The van der Waals surface area contributed by atoms with Crippen LogP contribution in [0.1, 0.15) is 49.7 Å². The minimum Gasteiger partial charge on any atom is -0.497 e. The zero-order valence-electron chi connectivity index (χ0n) is 17.4. The predicted molar refractivity (Wildman–Crippen MR) is 118 cm³/mol. The van der Waals surface area contributed by atoms with Crippen molar-refractivity contribution in [3.8, 4) is 11.5 Å². The third-order valence-electron chi connectivity index (χ3n) is 6.43. The summed E-state index contributed by atoms with van der Waals surface area (Å²) in [6.45, 7) is 2.05. The second-order valence-corrected chi connectivity index (χ2v) is 8.76. The number of thiophene rings is 1. The van der Waals surface area contributed by atoms with Gasteiger partial charge >= 0.3 is 0 Å².